The maximum Gasteiger partial charge on any atom is 0.0224 e. The molecule has 2 aliphatic rings. The Balaban J connectivity index is 2.06. The number of nitrogens with one attached hydrogen (secondary N) is 1. The Labute approximate surface area is 62.2 Å². The summed E-state index contributed by atoms with van der Waals surface area (Å²) in [7, 11) is 0. The second-order valence-corrected chi connectivity index (χ2v) is 3.95. The number of fused-ring (bicyclic) bond motifs is 2. The summed E-state index contributed by atoms with van der Waals surface area (Å²) in [5.74, 6) is 0.893. The van der Waals surface area contributed by atoms with Gasteiger partial charge in [0.1, 0.15) is 0 Å². The first-order valence-electron chi connectivity index (χ1n) is 4.27. The van der Waals surface area contributed by atoms with E-state index in [0.29, 0.717) is 12.1 Å². The van der Waals surface area contributed by atoms with E-state index in [1.807, 2.05) is 0 Å². The van der Waals surface area contributed by atoms with Gasteiger partial charge in [-0.1, -0.05) is 6.92 Å². The van der Waals surface area contributed by atoms with Crippen molar-refractivity contribution in [2.45, 2.75) is 44.3 Å². The highest BCUT2D eigenvalue weighted by Gasteiger charge is 2.36. The SMILES string of the molecule is CC1CC2C[C@@H](N)C(C1)N2. The largest absolute Gasteiger partial charge is 0.326 e. The predicted molar refractivity (Wildman–Crippen MR) is 41.7 cm³/mol. The average molecular weight is 140 g/mol. The monoisotopic (exact) mass is 140 g/mol. The van der Waals surface area contributed by atoms with Crippen LogP contribution in [0.2, 0.25) is 0 Å². The van der Waals surface area contributed by atoms with Gasteiger partial charge in [-0.3, -0.25) is 0 Å². The Morgan fingerprint density at radius 2 is 2.10 bits per heavy atom. The minimum Gasteiger partial charge on any atom is -0.326 e. The molecule has 10 heavy (non-hydrogen) atoms. The smallest absolute Gasteiger partial charge is 0.0224 e. The predicted octanol–water partition coefficient (Wildman–Crippen LogP) is 0.474. The number of nitrogens with two attached hydrogens (primary N) is 1. The van der Waals surface area contributed by atoms with Gasteiger partial charge in [-0.25, -0.2) is 0 Å². The molecule has 3 N–H and O–H groups in total. The van der Waals surface area contributed by atoms with Gasteiger partial charge in [0.05, 0.1) is 0 Å². The normalized spacial score (nSPS) is 53.4. The molecule has 0 aromatic carbocycles. The highest BCUT2D eigenvalue weighted by atomic mass is 15.1. The van der Waals surface area contributed by atoms with Crippen LogP contribution in [0.15, 0.2) is 0 Å². The van der Waals surface area contributed by atoms with E-state index >= 15 is 0 Å². The van der Waals surface area contributed by atoms with E-state index in [4.69, 9.17) is 5.73 Å². The van der Waals surface area contributed by atoms with Crippen molar-refractivity contribution in [3.05, 3.63) is 0 Å². The summed E-state index contributed by atoms with van der Waals surface area (Å²) in [6.07, 6.45) is 3.83. The fourth-order valence-electron chi connectivity index (χ4n) is 2.41. The van der Waals surface area contributed by atoms with Gasteiger partial charge in [0.25, 0.3) is 0 Å². The molecule has 0 aromatic rings. The lowest BCUT2D eigenvalue weighted by Crippen LogP contribution is -2.42. The Morgan fingerprint density at radius 1 is 1.30 bits per heavy atom. The van der Waals surface area contributed by atoms with Gasteiger partial charge in [0.2, 0.25) is 0 Å². The molecule has 0 spiro atoms. The van der Waals surface area contributed by atoms with Crippen LogP contribution < -0.4 is 11.1 Å². The highest BCUT2D eigenvalue weighted by Crippen LogP contribution is 2.29. The molecule has 2 nitrogen and oxygen atoms in total. The van der Waals surface area contributed by atoms with Gasteiger partial charge >= 0.3 is 0 Å². The van der Waals surface area contributed by atoms with Crippen molar-refractivity contribution >= 4 is 0 Å². The summed E-state index contributed by atoms with van der Waals surface area (Å²) < 4.78 is 0. The number of hydrogen-bond acceptors (Lipinski definition) is 2. The lowest BCUT2D eigenvalue weighted by molar-refractivity contribution is 0.314. The summed E-state index contributed by atoms with van der Waals surface area (Å²) in [5, 5.41) is 3.55. The van der Waals surface area contributed by atoms with Crippen molar-refractivity contribution in [3.63, 3.8) is 0 Å². The first kappa shape index (κ1) is 6.62. The molecular weight excluding hydrogens is 124 g/mol. The minimum absolute atomic E-state index is 0.440. The lowest BCUT2D eigenvalue weighted by atomic mass is 9.94. The fraction of sp³-hybridized carbons (Fsp3) is 1.00. The van der Waals surface area contributed by atoms with Crippen LogP contribution in [0.1, 0.15) is 26.2 Å². The fourth-order valence-corrected chi connectivity index (χ4v) is 2.41. The molecule has 0 aliphatic carbocycles. The molecule has 2 heterocycles. The van der Waals surface area contributed by atoms with Gasteiger partial charge in [-0.2, -0.15) is 0 Å². The second-order valence-electron chi connectivity index (χ2n) is 3.95. The number of rotatable bonds is 0. The zero-order valence-electron chi connectivity index (χ0n) is 6.51. The van der Waals surface area contributed by atoms with Gasteiger partial charge in [0, 0.05) is 18.1 Å². The molecule has 2 aliphatic heterocycles. The zero-order chi connectivity index (χ0) is 7.14. The van der Waals surface area contributed by atoms with Crippen LogP contribution in [0.25, 0.3) is 0 Å². The highest BCUT2D eigenvalue weighted by molar-refractivity contribution is 4.98. The average Bonchev–Trinajstić information content (AvgIpc) is 2.07. The summed E-state index contributed by atoms with van der Waals surface area (Å²) in [6, 6.07) is 1.81. The zero-order valence-corrected chi connectivity index (χ0v) is 6.51. The first-order chi connectivity index (χ1) is 4.75. The van der Waals surface area contributed by atoms with Crippen LogP contribution >= 0.6 is 0 Å². The van der Waals surface area contributed by atoms with Crippen LogP contribution in [0.5, 0.6) is 0 Å². The van der Waals surface area contributed by atoms with Crippen LogP contribution in [0.4, 0.5) is 0 Å². The van der Waals surface area contributed by atoms with Crippen LogP contribution in [0, 0.1) is 5.92 Å². The van der Waals surface area contributed by atoms with Crippen molar-refractivity contribution in [1.82, 2.24) is 5.32 Å². The van der Waals surface area contributed by atoms with Gasteiger partial charge < -0.3 is 11.1 Å². The first-order valence-corrected chi connectivity index (χ1v) is 4.27. The van der Waals surface area contributed by atoms with Gasteiger partial charge in [0.15, 0.2) is 0 Å². The van der Waals surface area contributed by atoms with E-state index in [-0.39, 0.29) is 0 Å². The number of piperidine rings is 1. The lowest BCUT2D eigenvalue weighted by Gasteiger charge is -2.26. The van der Waals surface area contributed by atoms with E-state index in [1.165, 1.54) is 19.3 Å². The molecular formula is C8H16N2. The third-order valence-corrected chi connectivity index (χ3v) is 2.87. The van der Waals surface area contributed by atoms with Crippen LogP contribution in [-0.2, 0) is 0 Å². The van der Waals surface area contributed by atoms with Gasteiger partial charge in [-0.15, -0.1) is 0 Å². The summed E-state index contributed by atoms with van der Waals surface area (Å²) >= 11 is 0. The molecule has 0 aromatic heterocycles. The van der Waals surface area contributed by atoms with Crippen molar-refractivity contribution in [1.29, 1.82) is 0 Å². The van der Waals surface area contributed by atoms with Crippen molar-refractivity contribution in [3.8, 4) is 0 Å². The molecule has 0 radical (unpaired) electrons. The standard InChI is InChI=1S/C8H16N2/c1-5-2-6-4-7(9)8(3-5)10-6/h5-8,10H,2-4,9H2,1H3/t5?,6?,7-,8?/m1/s1. The molecule has 3 unspecified atom stereocenters. The summed E-state index contributed by atoms with van der Waals surface area (Å²) in [4.78, 5) is 0. The molecule has 2 saturated heterocycles. The van der Waals surface area contributed by atoms with E-state index < -0.39 is 0 Å². The molecule has 58 valence electrons. The van der Waals surface area contributed by atoms with Crippen molar-refractivity contribution < 1.29 is 0 Å². The summed E-state index contributed by atoms with van der Waals surface area (Å²) in [5.41, 5.74) is 5.92. The van der Waals surface area contributed by atoms with E-state index in [2.05, 4.69) is 12.2 Å². The number of hydrogen-bond donors (Lipinski definition) is 2. The van der Waals surface area contributed by atoms with Crippen molar-refractivity contribution in [2.24, 2.45) is 11.7 Å². The van der Waals surface area contributed by atoms with Crippen LogP contribution in [0.3, 0.4) is 0 Å². The maximum absolute atomic E-state index is 5.92. The second kappa shape index (κ2) is 2.21. The van der Waals surface area contributed by atoms with Crippen LogP contribution in [-0.4, -0.2) is 18.1 Å². The Bertz CT molecular complexity index is 130. The molecule has 2 rings (SSSR count). The van der Waals surface area contributed by atoms with E-state index in [9.17, 15) is 0 Å². The maximum atomic E-state index is 5.92. The molecule has 2 heteroatoms. The Kier molecular flexibility index (Phi) is 1.46. The topological polar surface area (TPSA) is 38.0 Å². The molecule has 2 bridgehead atoms. The van der Waals surface area contributed by atoms with Gasteiger partial charge in [-0.05, 0) is 25.2 Å². The molecule has 0 saturated carbocycles. The third kappa shape index (κ3) is 0.956. The molecule has 4 atom stereocenters. The Hall–Kier alpha value is -0.0800. The molecule has 2 fully saturated rings. The van der Waals surface area contributed by atoms with E-state index in [0.717, 1.165) is 12.0 Å². The van der Waals surface area contributed by atoms with Crippen molar-refractivity contribution in [2.75, 3.05) is 0 Å². The summed E-state index contributed by atoms with van der Waals surface area (Å²) in [6.45, 7) is 2.33. The minimum atomic E-state index is 0.440. The third-order valence-electron chi connectivity index (χ3n) is 2.87. The van der Waals surface area contributed by atoms with E-state index in [1.54, 1.807) is 0 Å². The quantitative estimate of drug-likeness (QED) is 0.513. The Morgan fingerprint density at radius 3 is 2.80 bits per heavy atom. The molecule has 0 amide bonds.